The van der Waals surface area contributed by atoms with Crippen LogP contribution in [0.1, 0.15) is 29.7 Å². The van der Waals surface area contributed by atoms with Crippen LogP contribution >= 0.6 is 12.2 Å². The molecule has 0 radical (unpaired) electrons. The number of benzene rings is 2. The molecule has 0 fully saturated rings. The number of fused-ring (bicyclic) bond motifs is 1. The van der Waals surface area contributed by atoms with E-state index in [1.54, 1.807) is 0 Å². The Balaban J connectivity index is 1.96. The first-order valence-corrected chi connectivity index (χ1v) is 9.24. The van der Waals surface area contributed by atoms with E-state index in [0.29, 0.717) is 16.2 Å². The van der Waals surface area contributed by atoms with Crippen LogP contribution in [-0.4, -0.2) is 9.55 Å². The molecule has 6 heteroatoms. The minimum Gasteiger partial charge on any atom is -0.298 e. The van der Waals surface area contributed by atoms with Crippen molar-refractivity contribution >= 4 is 12.2 Å². The van der Waals surface area contributed by atoms with Gasteiger partial charge in [-0.3, -0.25) is 4.57 Å². The monoisotopic (exact) mass is 386 g/mol. The number of hydrogen-bond acceptors (Lipinski definition) is 2. The predicted octanol–water partition coefficient (Wildman–Crippen LogP) is 6.17. The fourth-order valence-electron chi connectivity index (χ4n) is 3.57. The molecule has 2 aromatic carbocycles. The van der Waals surface area contributed by atoms with E-state index < -0.39 is 11.7 Å². The van der Waals surface area contributed by atoms with Crippen molar-refractivity contribution in [3.8, 4) is 17.1 Å². The van der Waals surface area contributed by atoms with E-state index in [4.69, 9.17) is 12.2 Å². The van der Waals surface area contributed by atoms with E-state index >= 15 is 0 Å². The van der Waals surface area contributed by atoms with Gasteiger partial charge in [0.25, 0.3) is 0 Å². The zero-order valence-electron chi connectivity index (χ0n) is 14.5. The third kappa shape index (κ3) is 3.41. The highest BCUT2D eigenvalue weighted by Gasteiger charge is 2.30. The highest BCUT2D eigenvalue weighted by Crippen LogP contribution is 2.33. The maximum atomic E-state index is 13.0. The molecule has 1 aliphatic rings. The van der Waals surface area contributed by atoms with Gasteiger partial charge in [0, 0.05) is 22.5 Å². The van der Waals surface area contributed by atoms with E-state index in [-0.39, 0.29) is 0 Å². The van der Waals surface area contributed by atoms with Gasteiger partial charge in [0.2, 0.25) is 0 Å². The molecule has 3 aromatic rings. The molecule has 2 nitrogen and oxygen atoms in total. The van der Waals surface area contributed by atoms with Crippen LogP contribution in [0, 0.1) is 4.64 Å². The fourth-order valence-corrected chi connectivity index (χ4v) is 3.87. The summed E-state index contributed by atoms with van der Waals surface area (Å²) in [5.74, 6) is 0.668. The highest BCUT2D eigenvalue weighted by molar-refractivity contribution is 7.71. The Morgan fingerprint density at radius 1 is 0.889 bits per heavy atom. The summed E-state index contributed by atoms with van der Waals surface area (Å²) in [6.45, 7) is 0. The van der Waals surface area contributed by atoms with Gasteiger partial charge in [-0.15, -0.1) is 0 Å². The number of halogens is 3. The summed E-state index contributed by atoms with van der Waals surface area (Å²) in [4.78, 5) is 4.66. The molecule has 0 bridgehead atoms. The lowest BCUT2D eigenvalue weighted by Gasteiger charge is -2.25. The molecule has 27 heavy (non-hydrogen) atoms. The lowest BCUT2D eigenvalue weighted by Crippen LogP contribution is -2.17. The van der Waals surface area contributed by atoms with Gasteiger partial charge >= 0.3 is 6.18 Å². The predicted molar refractivity (Wildman–Crippen MR) is 101 cm³/mol. The molecule has 0 unspecified atom stereocenters. The lowest BCUT2D eigenvalue weighted by atomic mass is 9.96. The zero-order valence-corrected chi connectivity index (χ0v) is 15.3. The number of nitrogens with zero attached hydrogens (tertiary/aromatic N) is 2. The van der Waals surface area contributed by atoms with Crippen molar-refractivity contribution in [1.82, 2.24) is 9.55 Å². The summed E-state index contributed by atoms with van der Waals surface area (Å²) in [5.41, 5.74) is 2.99. The Bertz CT molecular complexity index is 1020. The Morgan fingerprint density at radius 3 is 2.22 bits per heavy atom. The smallest absolute Gasteiger partial charge is 0.298 e. The van der Waals surface area contributed by atoms with Crippen LogP contribution in [0.25, 0.3) is 17.1 Å². The van der Waals surface area contributed by atoms with E-state index in [0.717, 1.165) is 54.6 Å². The van der Waals surface area contributed by atoms with Gasteiger partial charge in [0.15, 0.2) is 0 Å². The van der Waals surface area contributed by atoms with Crippen LogP contribution in [0.2, 0.25) is 0 Å². The van der Waals surface area contributed by atoms with Gasteiger partial charge < -0.3 is 0 Å². The average molecular weight is 386 g/mol. The number of aromatic nitrogens is 2. The van der Waals surface area contributed by atoms with Crippen LogP contribution in [0.5, 0.6) is 0 Å². The first-order chi connectivity index (χ1) is 12.9. The number of rotatable bonds is 2. The first kappa shape index (κ1) is 17.9. The second-order valence-electron chi connectivity index (χ2n) is 6.62. The Kier molecular flexibility index (Phi) is 4.60. The van der Waals surface area contributed by atoms with E-state index in [1.165, 1.54) is 12.1 Å². The standard InChI is InChI=1S/C21H17F3N2S/c22-21(23,24)15-10-12-16(13-11-15)26-18-9-5-4-8-17(18)20(27)25-19(26)14-6-2-1-3-7-14/h1-3,6-7,10-13H,4-5,8-9H2. The zero-order chi connectivity index (χ0) is 19.0. The maximum Gasteiger partial charge on any atom is 0.416 e. The summed E-state index contributed by atoms with van der Waals surface area (Å²) < 4.78 is 41.4. The van der Waals surface area contributed by atoms with Gasteiger partial charge in [0.1, 0.15) is 10.5 Å². The van der Waals surface area contributed by atoms with Gasteiger partial charge in [-0.2, -0.15) is 13.2 Å². The summed E-state index contributed by atoms with van der Waals surface area (Å²) >= 11 is 5.53. The normalized spacial score (nSPS) is 14.0. The molecule has 0 spiro atoms. The highest BCUT2D eigenvalue weighted by atomic mass is 32.1. The van der Waals surface area contributed by atoms with Crippen LogP contribution in [0.3, 0.4) is 0 Å². The maximum absolute atomic E-state index is 13.0. The van der Waals surface area contributed by atoms with E-state index in [9.17, 15) is 13.2 Å². The van der Waals surface area contributed by atoms with Crippen molar-refractivity contribution < 1.29 is 13.2 Å². The molecular weight excluding hydrogens is 369 g/mol. The molecule has 0 amide bonds. The van der Waals surface area contributed by atoms with Crippen LogP contribution in [0.4, 0.5) is 13.2 Å². The van der Waals surface area contributed by atoms with Crippen molar-refractivity contribution in [1.29, 1.82) is 0 Å². The van der Waals surface area contributed by atoms with Crippen molar-refractivity contribution in [2.24, 2.45) is 0 Å². The molecule has 0 N–H and O–H groups in total. The molecule has 4 rings (SSSR count). The van der Waals surface area contributed by atoms with Crippen molar-refractivity contribution in [2.75, 3.05) is 0 Å². The van der Waals surface area contributed by atoms with Crippen LogP contribution in [-0.2, 0) is 19.0 Å². The molecule has 138 valence electrons. The Hall–Kier alpha value is -2.47. The summed E-state index contributed by atoms with van der Waals surface area (Å²) in [6, 6.07) is 14.9. The molecule has 1 aliphatic carbocycles. The van der Waals surface area contributed by atoms with Gasteiger partial charge in [-0.1, -0.05) is 42.5 Å². The lowest BCUT2D eigenvalue weighted by molar-refractivity contribution is -0.137. The molecule has 0 atom stereocenters. The van der Waals surface area contributed by atoms with Crippen molar-refractivity contribution in [3.05, 3.63) is 76.1 Å². The van der Waals surface area contributed by atoms with Crippen LogP contribution in [0.15, 0.2) is 54.6 Å². The second kappa shape index (κ2) is 6.93. The summed E-state index contributed by atoms with van der Waals surface area (Å²) in [5, 5.41) is 0. The minimum absolute atomic E-state index is 0.590. The fraction of sp³-hybridized carbons (Fsp3) is 0.238. The third-order valence-corrected chi connectivity index (χ3v) is 5.21. The molecule has 1 aromatic heterocycles. The largest absolute Gasteiger partial charge is 0.416 e. The third-order valence-electron chi connectivity index (χ3n) is 4.87. The van der Waals surface area contributed by atoms with Crippen LogP contribution < -0.4 is 0 Å². The molecule has 1 heterocycles. The van der Waals surface area contributed by atoms with E-state index in [2.05, 4.69) is 4.98 Å². The average Bonchev–Trinajstić information content (AvgIpc) is 2.68. The SMILES string of the molecule is FC(F)(F)c1ccc(-n2c(-c3ccccc3)nc(=S)c3c2CCCC3)cc1. The summed E-state index contributed by atoms with van der Waals surface area (Å²) in [7, 11) is 0. The van der Waals surface area contributed by atoms with Crippen molar-refractivity contribution in [2.45, 2.75) is 31.9 Å². The molecule has 0 saturated carbocycles. The van der Waals surface area contributed by atoms with Gasteiger partial charge in [-0.05, 0) is 49.9 Å². The molecule has 0 saturated heterocycles. The quantitative estimate of drug-likeness (QED) is 0.491. The topological polar surface area (TPSA) is 17.8 Å². The minimum atomic E-state index is -4.35. The van der Waals surface area contributed by atoms with Gasteiger partial charge in [-0.25, -0.2) is 4.98 Å². The Morgan fingerprint density at radius 2 is 1.56 bits per heavy atom. The van der Waals surface area contributed by atoms with E-state index in [1.807, 2.05) is 34.9 Å². The Labute approximate surface area is 160 Å². The van der Waals surface area contributed by atoms with Crippen molar-refractivity contribution in [3.63, 3.8) is 0 Å². The molecular formula is C21H17F3N2S. The van der Waals surface area contributed by atoms with Gasteiger partial charge in [0.05, 0.1) is 5.56 Å². The first-order valence-electron chi connectivity index (χ1n) is 8.83. The number of alkyl halides is 3. The second-order valence-corrected chi connectivity index (χ2v) is 7.01. The molecule has 0 aliphatic heterocycles. The summed E-state index contributed by atoms with van der Waals surface area (Å²) in [6.07, 6.45) is -0.580. The number of hydrogen-bond donors (Lipinski definition) is 0.